The topological polar surface area (TPSA) is 149 Å². The van der Waals surface area contributed by atoms with Crippen molar-refractivity contribution in [2.75, 3.05) is 11.4 Å². The Labute approximate surface area is 273 Å². The summed E-state index contributed by atoms with van der Waals surface area (Å²) in [6.45, 7) is 3.20. The maximum absolute atomic E-state index is 14.1. The van der Waals surface area contributed by atoms with Crippen LogP contribution < -0.4 is 15.5 Å². The average Bonchev–Trinajstić information content (AvgIpc) is 3.65. The molecule has 3 aromatic rings. The maximum Gasteiger partial charge on any atom is 0.352 e. The third kappa shape index (κ3) is 7.40. The van der Waals surface area contributed by atoms with Crippen molar-refractivity contribution in [3.63, 3.8) is 0 Å². The van der Waals surface area contributed by atoms with Crippen LogP contribution in [0.25, 0.3) is 6.08 Å². The normalized spacial score (nSPS) is 19.0. The number of aromatic nitrogens is 1. The monoisotopic (exact) mass is 637 g/mol. The van der Waals surface area contributed by atoms with Crippen molar-refractivity contribution in [1.29, 1.82) is 0 Å². The molecule has 0 radical (unpaired) electrons. The van der Waals surface area contributed by atoms with Gasteiger partial charge in [0.25, 0.3) is 5.91 Å². The first kappa shape index (κ1) is 33.1. The summed E-state index contributed by atoms with van der Waals surface area (Å²) in [6.07, 6.45) is 7.67. The summed E-state index contributed by atoms with van der Waals surface area (Å²) in [7, 11) is 0. The van der Waals surface area contributed by atoms with Gasteiger partial charge in [0, 0.05) is 44.9 Å². The molecule has 1 aliphatic carbocycles. The fourth-order valence-electron chi connectivity index (χ4n) is 6.64. The predicted octanol–water partition coefficient (Wildman–Crippen LogP) is 4.22. The molecule has 0 spiro atoms. The second kappa shape index (κ2) is 14.4. The van der Waals surface area contributed by atoms with Gasteiger partial charge in [-0.05, 0) is 60.2 Å². The minimum atomic E-state index is -1.29. The highest BCUT2D eigenvalue weighted by atomic mass is 16.4. The van der Waals surface area contributed by atoms with E-state index in [1.54, 1.807) is 52.5 Å². The van der Waals surface area contributed by atoms with Crippen molar-refractivity contribution < 1.29 is 29.1 Å². The lowest BCUT2D eigenvalue weighted by Crippen LogP contribution is -2.42. The molecule has 2 atom stereocenters. The lowest BCUT2D eigenvalue weighted by atomic mass is 9.81. The Morgan fingerprint density at radius 2 is 1.68 bits per heavy atom. The summed E-state index contributed by atoms with van der Waals surface area (Å²) in [5.74, 6) is -2.34. The smallest absolute Gasteiger partial charge is 0.352 e. The van der Waals surface area contributed by atoms with Gasteiger partial charge in [0.2, 0.25) is 17.7 Å². The van der Waals surface area contributed by atoms with E-state index in [1.807, 2.05) is 36.4 Å². The Kier molecular flexibility index (Phi) is 10.1. The Morgan fingerprint density at radius 1 is 0.979 bits per heavy atom. The van der Waals surface area contributed by atoms with E-state index in [0.29, 0.717) is 43.5 Å². The predicted molar refractivity (Wildman–Crippen MR) is 175 cm³/mol. The van der Waals surface area contributed by atoms with Crippen LogP contribution in [0.1, 0.15) is 68.8 Å². The summed E-state index contributed by atoms with van der Waals surface area (Å²) < 4.78 is 0. The van der Waals surface area contributed by atoms with Crippen LogP contribution in [0.15, 0.2) is 84.8 Å². The van der Waals surface area contributed by atoms with Gasteiger partial charge in [-0.1, -0.05) is 61.4 Å². The zero-order chi connectivity index (χ0) is 33.6. The molecule has 11 nitrogen and oxygen atoms in total. The van der Waals surface area contributed by atoms with Gasteiger partial charge in [0.1, 0.15) is 17.9 Å². The number of rotatable bonds is 11. The first-order chi connectivity index (χ1) is 22.6. The molecule has 47 heavy (non-hydrogen) atoms. The van der Waals surface area contributed by atoms with Crippen molar-refractivity contribution >= 4 is 41.4 Å². The zero-order valence-corrected chi connectivity index (χ0v) is 26.5. The Hall–Kier alpha value is -5.32. The highest BCUT2D eigenvalue weighted by molar-refractivity contribution is 6.04. The maximum atomic E-state index is 14.1. The van der Waals surface area contributed by atoms with Crippen LogP contribution in [0.3, 0.4) is 0 Å². The molecule has 2 unspecified atom stereocenters. The Morgan fingerprint density at radius 3 is 2.28 bits per heavy atom. The molecule has 5 rings (SSSR count). The van der Waals surface area contributed by atoms with E-state index in [1.165, 1.54) is 19.9 Å². The SMILES string of the molecule is CC(=O)NCCC1(C(=O)N/C(=C\c2ccc(N3C(=O)C(Cc4cccnc4)N(C(C)=O)C3c3ccccc3)cc2)C(=O)O)CCCC1. The van der Waals surface area contributed by atoms with E-state index in [-0.39, 0.29) is 29.3 Å². The molecule has 4 amide bonds. The second-order valence-corrected chi connectivity index (χ2v) is 12.1. The van der Waals surface area contributed by atoms with E-state index >= 15 is 0 Å². The minimum absolute atomic E-state index is 0.183. The highest BCUT2D eigenvalue weighted by Crippen LogP contribution is 2.42. The van der Waals surface area contributed by atoms with Crippen LogP contribution in [-0.2, 0) is 30.4 Å². The molecule has 0 bridgehead atoms. The molecule has 244 valence electrons. The van der Waals surface area contributed by atoms with Crippen molar-refractivity contribution in [3.05, 3.63) is 102 Å². The van der Waals surface area contributed by atoms with Gasteiger partial charge in [-0.25, -0.2) is 4.79 Å². The van der Waals surface area contributed by atoms with Gasteiger partial charge in [-0.3, -0.25) is 29.1 Å². The van der Waals surface area contributed by atoms with Crippen LogP contribution in [0.2, 0.25) is 0 Å². The molecule has 11 heteroatoms. The summed E-state index contributed by atoms with van der Waals surface area (Å²) in [5, 5.41) is 15.3. The van der Waals surface area contributed by atoms with Crippen molar-refractivity contribution in [2.24, 2.45) is 5.41 Å². The zero-order valence-electron chi connectivity index (χ0n) is 26.5. The molecule has 1 aromatic heterocycles. The molecular formula is C36H39N5O6. The standard InChI is InChI=1S/C36H39N5O6/c1-24(42)38-20-18-36(16-6-7-17-36)35(47)39-30(34(45)46)21-26-12-14-29(15-13-26)41-32(28-10-4-3-5-11-28)40(25(2)43)31(33(41)44)22-27-9-8-19-37-23-27/h3-5,8-15,19,21,23,31-32H,6-7,16-18,20,22H2,1-2H3,(H,38,42)(H,39,47)(H,45,46)/b30-21-. The first-order valence-electron chi connectivity index (χ1n) is 15.8. The lowest BCUT2D eigenvalue weighted by Gasteiger charge is -2.31. The van der Waals surface area contributed by atoms with Crippen LogP contribution in [0.4, 0.5) is 5.69 Å². The third-order valence-electron chi connectivity index (χ3n) is 8.96. The fourth-order valence-corrected chi connectivity index (χ4v) is 6.64. The number of carbonyl (C=O) groups excluding carboxylic acids is 4. The number of pyridine rings is 1. The molecule has 2 fully saturated rings. The molecule has 2 aliphatic rings. The van der Waals surface area contributed by atoms with Crippen molar-refractivity contribution in [3.8, 4) is 0 Å². The number of nitrogens with one attached hydrogen (secondary N) is 2. The van der Waals surface area contributed by atoms with E-state index in [4.69, 9.17) is 0 Å². The van der Waals surface area contributed by atoms with Gasteiger partial charge in [0.15, 0.2) is 0 Å². The Bertz CT molecular complexity index is 1650. The average molecular weight is 638 g/mol. The number of carboxylic acids is 1. The molecule has 1 saturated carbocycles. The molecular weight excluding hydrogens is 598 g/mol. The van der Waals surface area contributed by atoms with E-state index in [0.717, 1.165) is 24.0 Å². The molecule has 3 N–H and O–H groups in total. The summed E-state index contributed by atoms with van der Waals surface area (Å²) in [4.78, 5) is 71.6. The van der Waals surface area contributed by atoms with Gasteiger partial charge >= 0.3 is 5.97 Å². The summed E-state index contributed by atoms with van der Waals surface area (Å²) in [5.41, 5.74) is 1.60. The number of carbonyl (C=O) groups is 5. The van der Waals surface area contributed by atoms with Crippen LogP contribution >= 0.6 is 0 Å². The van der Waals surface area contributed by atoms with Crippen LogP contribution in [-0.4, -0.2) is 57.2 Å². The van der Waals surface area contributed by atoms with E-state index in [2.05, 4.69) is 15.6 Å². The quantitative estimate of drug-likeness (QED) is 0.267. The van der Waals surface area contributed by atoms with E-state index < -0.39 is 23.6 Å². The minimum Gasteiger partial charge on any atom is -0.477 e. The number of amides is 4. The number of benzene rings is 2. The van der Waals surface area contributed by atoms with Gasteiger partial charge < -0.3 is 20.6 Å². The molecule has 2 heterocycles. The van der Waals surface area contributed by atoms with Crippen LogP contribution in [0.5, 0.6) is 0 Å². The highest BCUT2D eigenvalue weighted by Gasteiger charge is 2.48. The third-order valence-corrected chi connectivity index (χ3v) is 8.96. The summed E-state index contributed by atoms with van der Waals surface area (Å²) in [6, 6.07) is 19.0. The first-order valence-corrected chi connectivity index (χ1v) is 15.8. The number of nitrogens with zero attached hydrogens (tertiary/aromatic N) is 3. The van der Waals surface area contributed by atoms with Crippen LogP contribution in [0, 0.1) is 5.41 Å². The fraction of sp³-hybridized carbons (Fsp3) is 0.333. The molecule has 1 saturated heterocycles. The lowest BCUT2D eigenvalue weighted by molar-refractivity contribution is -0.137. The second-order valence-electron chi connectivity index (χ2n) is 12.1. The number of anilines is 1. The molecule has 2 aromatic carbocycles. The number of aliphatic carboxylic acids is 1. The number of carboxylic acid groups (broad SMARTS) is 1. The van der Waals surface area contributed by atoms with Crippen molar-refractivity contribution in [2.45, 2.75) is 64.6 Å². The summed E-state index contributed by atoms with van der Waals surface area (Å²) >= 11 is 0. The van der Waals surface area contributed by atoms with Gasteiger partial charge in [-0.15, -0.1) is 0 Å². The van der Waals surface area contributed by atoms with Gasteiger partial charge in [-0.2, -0.15) is 0 Å². The Balaban J connectivity index is 1.42. The molecule has 1 aliphatic heterocycles. The van der Waals surface area contributed by atoms with Crippen molar-refractivity contribution in [1.82, 2.24) is 20.5 Å². The van der Waals surface area contributed by atoms with E-state index in [9.17, 15) is 29.1 Å². The number of hydrogen-bond donors (Lipinski definition) is 3. The largest absolute Gasteiger partial charge is 0.477 e. The van der Waals surface area contributed by atoms with Gasteiger partial charge in [0.05, 0.1) is 5.41 Å². The number of hydrogen-bond acceptors (Lipinski definition) is 6.